The Balaban J connectivity index is 1.63. The molecule has 0 radical (unpaired) electrons. The van der Waals surface area contributed by atoms with Gasteiger partial charge in [-0.2, -0.15) is 0 Å². The molecule has 0 N–H and O–H groups in total. The molecule has 2 atom stereocenters. The van der Waals surface area contributed by atoms with Crippen LogP contribution >= 0.6 is 7.60 Å². The van der Waals surface area contributed by atoms with Crippen molar-refractivity contribution < 1.29 is 47.0 Å². The number of benzene rings is 2. The summed E-state index contributed by atoms with van der Waals surface area (Å²) < 4.78 is 41.8. The molecular weight excluding hydrogens is 579 g/mol. The monoisotopic (exact) mass is 616 g/mol. The lowest BCUT2D eigenvalue weighted by atomic mass is 10.2. The number of rotatable bonds is 8. The highest BCUT2D eigenvalue weighted by atomic mass is 31.2. The summed E-state index contributed by atoms with van der Waals surface area (Å²) in [5, 5.41) is 0. The van der Waals surface area contributed by atoms with Crippen molar-refractivity contribution in [2.75, 3.05) is 27.3 Å². The Kier molecular flexibility index (Phi) is 9.69. The lowest BCUT2D eigenvalue weighted by Crippen LogP contribution is -2.50. The van der Waals surface area contributed by atoms with Crippen molar-refractivity contribution in [2.45, 2.75) is 63.9 Å². The van der Waals surface area contributed by atoms with E-state index in [9.17, 15) is 23.7 Å². The van der Waals surface area contributed by atoms with Crippen molar-refractivity contribution in [1.29, 1.82) is 0 Å². The molecule has 2 aromatic carbocycles. The maximum absolute atomic E-state index is 14.7. The Morgan fingerprint density at radius 3 is 1.67 bits per heavy atom. The van der Waals surface area contributed by atoms with Gasteiger partial charge in [0.05, 0.1) is 25.3 Å². The van der Waals surface area contributed by atoms with Crippen molar-refractivity contribution in [2.24, 2.45) is 0 Å². The van der Waals surface area contributed by atoms with Crippen LogP contribution in [0.15, 0.2) is 48.5 Å². The molecule has 2 aliphatic heterocycles. The van der Waals surface area contributed by atoms with Gasteiger partial charge in [-0.25, -0.2) is 18.9 Å². The number of nitrogens with zero attached hydrogens (tertiary/aromatic N) is 2. The summed E-state index contributed by atoms with van der Waals surface area (Å²) in [6, 6.07) is 10.9. The van der Waals surface area contributed by atoms with Gasteiger partial charge in [0.25, 0.3) is 0 Å². The smallest absolute Gasteiger partial charge is 0.453 e. The minimum Gasteiger partial charge on any atom is -0.465 e. The van der Waals surface area contributed by atoms with E-state index in [1.807, 2.05) is 0 Å². The van der Waals surface area contributed by atoms with E-state index in [0.29, 0.717) is 38.8 Å². The molecule has 2 fully saturated rings. The van der Waals surface area contributed by atoms with Crippen LogP contribution in [0.2, 0.25) is 0 Å². The first-order chi connectivity index (χ1) is 20.3. The maximum atomic E-state index is 14.7. The van der Waals surface area contributed by atoms with Crippen LogP contribution in [0.5, 0.6) is 11.5 Å². The van der Waals surface area contributed by atoms with Gasteiger partial charge in [-0.1, -0.05) is 0 Å². The quantitative estimate of drug-likeness (QED) is 0.219. The summed E-state index contributed by atoms with van der Waals surface area (Å²) in [5.74, 6) is -2.12. The molecule has 43 heavy (non-hydrogen) atoms. The number of hydrogen-bond acceptors (Lipinski definition) is 10. The van der Waals surface area contributed by atoms with Gasteiger partial charge in [0.15, 0.2) is 5.78 Å². The van der Waals surface area contributed by atoms with Crippen LogP contribution in [0, 0.1) is 0 Å². The molecule has 2 saturated heterocycles. The first-order valence-electron chi connectivity index (χ1n) is 14.0. The minimum absolute atomic E-state index is 0.151. The molecule has 0 bridgehead atoms. The average Bonchev–Trinajstić information content (AvgIpc) is 3.67. The summed E-state index contributed by atoms with van der Waals surface area (Å²) in [4.78, 5) is 53.5. The summed E-state index contributed by atoms with van der Waals surface area (Å²) in [6.07, 6.45) is 1.35. The van der Waals surface area contributed by atoms with E-state index in [-0.39, 0.29) is 28.5 Å². The summed E-state index contributed by atoms with van der Waals surface area (Å²) in [5.41, 5.74) is -0.191. The Hall–Kier alpha value is -4.05. The number of methoxy groups -OCH3 is 2. The lowest BCUT2D eigenvalue weighted by Gasteiger charge is -2.34. The highest BCUT2D eigenvalue weighted by Gasteiger charge is 2.50. The van der Waals surface area contributed by atoms with Crippen molar-refractivity contribution >= 4 is 31.5 Å². The van der Waals surface area contributed by atoms with Crippen LogP contribution in [-0.2, 0) is 23.6 Å². The fourth-order valence-corrected chi connectivity index (χ4v) is 7.24. The lowest BCUT2D eigenvalue weighted by molar-refractivity contribution is -0.135. The third-order valence-electron chi connectivity index (χ3n) is 7.05. The predicted molar refractivity (Wildman–Crippen MR) is 155 cm³/mol. The molecular formula is C30H37N2O10P. The molecule has 13 heteroatoms. The number of amides is 2. The molecule has 4 rings (SSSR count). The van der Waals surface area contributed by atoms with Crippen LogP contribution in [0.1, 0.15) is 67.2 Å². The SMILES string of the molecule is COC(=O)c1ccc(OP(=O)(Oc2ccc(C(=O)OC)cc2)[C@@H]2CCCN2C(=O)[C@@H]2CCCN2C(=O)OC(C)(C)C)cc1. The molecule has 0 aliphatic carbocycles. The van der Waals surface area contributed by atoms with Gasteiger partial charge < -0.3 is 28.2 Å². The largest absolute Gasteiger partial charge is 0.465 e. The zero-order valence-corrected chi connectivity index (χ0v) is 25.8. The van der Waals surface area contributed by atoms with E-state index < -0.39 is 43.1 Å². The van der Waals surface area contributed by atoms with Gasteiger partial charge in [0.2, 0.25) is 5.91 Å². The molecule has 232 valence electrons. The average molecular weight is 617 g/mol. The summed E-state index contributed by atoms with van der Waals surface area (Å²) in [7, 11) is -1.66. The topological polar surface area (TPSA) is 138 Å². The second kappa shape index (κ2) is 13.1. The highest BCUT2D eigenvalue weighted by molar-refractivity contribution is 7.55. The number of ether oxygens (including phenoxy) is 3. The van der Waals surface area contributed by atoms with Crippen molar-refractivity contribution in [3.05, 3.63) is 59.7 Å². The van der Waals surface area contributed by atoms with E-state index >= 15 is 0 Å². The zero-order valence-electron chi connectivity index (χ0n) is 24.9. The second-order valence-electron chi connectivity index (χ2n) is 11.2. The maximum Gasteiger partial charge on any atom is 0.453 e. The van der Waals surface area contributed by atoms with Gasteiger partial charge in [-0.15, -0.1) is 0 Å². The second-order valence-corrected chi connectivity index (χ2v) is 13.3. The van der Waals surface area contributed by atoms with E-state index in [0.717, 1.165) is 0 Å². The minimum atomic E-state index is -4.19. The van der Waals surface area contributed by atoms with Gasteiger partial charge in [0, 0.05) is 13.1 Å². The van der Waals surface area contributed by atoms with E-state index in [1.54, 1.807) is 20.8 Å². The van der Waals surface area contributed by atoms with E-state index in [2.05, 4.69) is 0 Å². The first kappa shape index (κ1) is 31.9. The normalized spacial score (nSPS) is 18.6. The number of carbonyl (C=O) groups excluding carboxylic acids is 4. The van der Waals surface area contributed by atoms with Crippen LogP contribution in [-0.4, -0.2) is 78.5 Å². The van der Waals surface area contributed by atoms with Crippen LogP contribution < -0.4 is 9.05 Å². The summed E-state index contributed by atoms with van der Waals surface area (Å²) >= 11 is 0. The van der Waals surface area contributed by atoms with E-state index in [1.165, 1.54) is 72.6 Å². The molecule has 0 aromatic heterocycles. The van der Waals surface area contributed by atoms with Gasteiger partial charge >= 0.3 is 25.6 Å². The molecule has 2 amide bonds. The fraction of sp³-hybridized carbons (Fsp3) is 0.467. The highest BCUT2D eigenvalue weighted by Crippen LogP contribution is 2.57. The molecule has 12 nitrogen and oxygen atoms in total. The van der Waals surface area contributed by atoms with Crippen molar-refractivity contribution in [3.8, 4) is 11.5 Å². The van der Waals surface area contributed by atoms with Gasteiger partial charge in [-0.3, -0.25) is 9.69 Å². The van der Waals surface area contributed by atoms with Crippen LogP contribution in [0.25, 0.3) is 0 Å². The third kappa shape index (κ3) is 7.48. The Morgan fingerprint density at radius 1 is 0.744 bits per heavy atom. The van der Waals surface area contributed by atoms with Crippen molar-refractivity contribution in [3.63, 3.8) is 0 Å². The third-order valence-corrected chi connectivity index (χ3v) is 9.25. The molecule has 2 heterocycles. The Bertz CT molecular complexity index is 1320. The molecule has 0 spiro atoms. The van der Waals surface area contributed by atoms with E-state index in [4.69, 9.17) is 23.3 Å². The number of hydrogen-bond donors (Lipinski definition) is 0. The first-order valence-corrected chi connectivity index (χ1v) is 15.6. The number of carbonyl (C=O) groups is 4. The van der Waals surface area contributed by atoms with Crippen LogP contribution in [0.3, 0.4) is 0 Å². The van der Waals surface area contributed by atoms with Crippen LogP contribution in [0.4, 0.5) is 4.79 Å². The van der Waals surface area contributed by atoms with Gasteiger partial charge in [0.1, 0.15) is 23.1 Å². The molecule has 0 unspecified atom stereocenters. The number of likely N-dealkylation sites (tertiary alicyclic amines) is 2. The Morgan fingerprint density at radius 2 is 1.21 bits per heavy atom. The number of esters is 2. The summed E-state index contributed by atoms with van der Waals surface area (Å²) in [6.45, 7) is 5.94. The predicted octanol–water partition coefficient (Wildman–Crippen LogP) is 5.26. The standard InChI is InChI=1S/C30H37N2O10P/c1-30(2,3)40-29(36)31-18-6-8-24(31)26(33)32-19-7-9-25(32)43(37,41-22-14-10-20(11-15-22)27(34)38-4)42-23-16-12-21(13-17-23)28(35)39-5/h10-17,24-25H,6-9,18-19H2,1-5H3/t24-,25+/m0/s1. The van der Waals surface area contributed by atoms with Crippen molar-refractivity contribution in [1.82, 2.24) is 9.80 Å². The fourth-order valence-electron chi connectivity index (χ4n) is 5.06. The molecule has 2 aromatic rings. The van der Waals surface area contributed by atoms with Gasteiger partial charge in [-0.05, 0) is 95.0 Å². The molecule has 2 aliphatic rings. The zero-order chi connectivity index (χ0) is 31.4. The Labute approximate surface area is 250 Å². The molecule has 0 saturated carbocycles.